The van der Waals surface area contributed by atoms with E-state index in [4.69, 9.17) is 0 Å². The molecule has 21 heavy (non-hydrogen) atoms. The molecule has 0 bridgehead atoms. The summed E-state index contributed by atoms with van der Waals surface area (Å²) in [6, 6.07) is 10.6. The van der Waals surface area contributed by atoms with E-state index in [0.717, 1.165) is 26.1 Å². The van der Waals surface area contributed by atoms with Gasteiger partial charge in [0.1, 0.15) is 0 Å². The molecule has 0 aromatic heterocycles. The Kier molecular flexibility index (Phi) is 4.03. The third-order valence-electron chi connectivity index (χ3n) is 5.19. The topological polar surface area (TPSA) is 32.3 Å². The zero-order valence-corrected chi connectivity index (χ0v) is 13.1. The Hall–Kier alpha value is -1.35. The molecule has 2 fully saturated rings. The summed E-state index contributed by atoms with van der Waals surface area (Å²) in [6.45, 7) is 7.13. The van der Waals surface area contributed by atoms with Crippen LogP contribution in [0.2, 0.25) is 0 Å². The second kappa shape index (κ2) is 5.80. The molecule has 3 nitrogen and oxygen atoms in total. The summed E-state index contributed by atoms with van der Waals surface area (Å²) in [5, 5.41) is 3.41. The summed E-state index contributed by atoms with van der Waals surface area (Å²) < 4.78 is 0. The maximum atomic E-state index is 12.9. The molecule has 1 atom stereocenters. The molecule has 1 aromatic carbocycles. The summed E-state index contributed by atoms with van der Waals surface area (Å²) in [5.74, 6) is 0.640. The highest BCUT2D eigenvalue weighted by molar-refractivity contribution is 5.83. The van der Waals surface area contributed by atoms with Gasteiger partial charge >= 0.3 is 0 Å². The Morgan fingerprint density at radius 1 is 1.29 bits per heavy atom. The van der Waals surface area contributed by atoms with Crippen LogP contribution < -0.4 is 5.32 Å². The van der Waals surface area contributed by atoms with Crippen LogP contribution in [0.1, 0.15) is 38.7 Å². The number of rotatable bonds is 4. The lowest BCUT2D eigenvalue weighted by Gasteiger charge is -2.30. The monoisotopic (exact) mass is 286 g/mol. The van der Waals surface area contributed by atoms with Gasteiger partial charge in [-0.1, -0.05) is 30.3 Å². The molecule has 2 aliphatic rings. The van der Waals surface area contributed by atoms with Gasteiger partial charge in [0.2, 0.25) is 5.91 Å². The molecule has 0 radical (unpaired) electrons. The maximum absolute atomic E-state index is 12.9. The molecule has 1 saturated carbocycles. The summed E-state index contributed by atoms with van der Waals surface area (Å²) in [6.07, 6.45) is 3.44. The first kappa shape index (κ1) is 14.6. The molecule has 1 heterocycles. The van der Waals surface area contributed by atoms with Gasteiger partial charge < -0.3 is 10.2 Å². The Bertz CT molecular complexity index is 491. The summed E-state index contributed by atoms with van der Waals surface area (Å²) >= 11 is 0. The number of amides is 1. The lowest BCUT2D eigenvalue weighted by molar-refractivity contribution is -0.136. The number of hydrogen-bond acceptors (Lipinski definition) is 2. The van der Waals surface area contributed by atoms with Crippen LogP contribution in [0.15, 0.2) is 30.3 Å². The van der Waals surface area contributed by atoms with Gasteiger partial charge in [-0.2, -0.15) is 0 Å². The van der Waals surface area contributed by atoms with Gasteiger partial charge in [-0.25, -0.2) is 0 Å². The number of nitrogens with one attached hydrogen (secondary N) is 1. The van der Waals surface area contributed by atoms with Crippen LogP contribution in [0, 0.1) is 11.3 Å². The molecule has 1 aliphatic heterocycles. The first-order valence-electron chi connectivity index (χ1n) is 8.17. The number of carbonyl (C=O) groups excluding carboxylic acids is 1. The number of nitrogens with zero attached hydrogens (tertiary/aromatic N) is 1. The molecule has 1 unspecified atom stereocenters. The molecule has 3 rings (SSSR count). The van der Waals surface area contributed by atoms with Crippen molar-refractivity contribution in [3.8, 4) is 0 Å². The fourth-order valence-corrected chi connectivity index (χ4v) is 3.67. The van der Waals surface area contributed by atoms with E-state index in [-0.39, 0.29) is 12.0 Å². The Labute approximate surface area is 127 Å². The van der Waals surface area contributed by atoms with Gasteiger partial charge in [-0.15, -0.1) is 0 Å². The van der Waals surface area contributed by atoms with Gasteiger partial charge in [0.25, 0.3) is 0 Å². The Morgan fingerprint density at radius 3 is 2.57 bits per heavy atom. The molecular formula is C18H26N2O. The third kappa shape index (κ3) is 2.98. The molecule has 1 aliphatic carbocycles. The van der Waals surface area contributed by atoms with Crippen LogP contribution >= 0.6 is 0 Å². The van der Waals surface area contributed by atoms with Crippen molar-refractivity contribution in [3.63, 3.8) is 0 Å². The fourth-order valence-electron chi connectivity index (χ4n) is 3.67. The average Bonchev–Trinajstić information content (AvgIpc) is 3.19. The summed E-state index contributed by atoms with van der Waals surface area (Å²) in [7, 11) is 0. The highest BCUT2D eigenvalue weighted by Gasteiger charge is 2.58. The second-order valence-corrected chi connectivity index (χ2v) is 6.91. The van der Waals surface area contributed by atoms with Crippen molar-refractivity contribution in [2.75, 3.05) is 13.1 Å². The van der Waals surface area contributed by atoms with Crippen molar-refractivity contribution >= 4 is 5.91 Å². The van der Waals surface area contributed by atoms with E-state index >= 15 is 0 Å². The lowest BCUT2D eigenvalue weighted by Crippen LogP contribution is -2.40. The van der Waals surface area contributed by atoms with Gasteiger partial charge in [0.05, 0.1) is 0 Å². The summed E-state index contributed by atoms with van der Waals surface area (Å²) in [5.41, 5.74) is 1.55. The lowest BCUT2D eigenvalue weighted by atomic mass is 9.91. The number of hydrogen-bond donors (Lipinski definition) is 1. The van der Waals surface area contributed by atoms with E-state index < -0.39 is 0 Å². The van der Waals surface area contributed by atoms with Crippen molar-refractivity contribution in [1.82, 2.24) is 10.2 Å². The average molecular weight is 286 g/mol. The molecular weight excluding hydrogens is 260 g/mol. The summed E-state index contributed by atoms with van der Waals surface area (Å²) in [4.78, 5) is 15.0. The Balaban J connectivity index is 1.68. The minimum absolute atomic E-state index is 0.261. The van der Waals surface area contributed by atoms with E-state index in [1.165, 1.54) is 18.4 Å². The fraction of sp³-hybridized carbons (Fsp3) is 0.611. The molecule has 114 valence electrons. The van der Waals surface area contributed by atoms with Gasteiger partial charge in [0.15, 0.2) is 0 Å². The zero-order valence-electron chi connectivity index (χ0n) is 13.1. The van der Waals surface area contributed by atoms with Crippen LogP contribution in [0.5, 0.6) is 0 Å². The van der Waals surface area contributed by atoms with Crippen LogP contribution in [0.3, 0.4) is 0 Å². The van der Waals surface area contributed by atoms with E-state index in [0.29, 0.717) is 11.3 Å². The Morgan fingerprint density at radius 2 is 1.95 bits per heavy atom. The first-order valence-corrected chi connectivity index (χ1v) is 8.17. The van der Waals surface area contributed by atoms with E-state index in [1.807, 2.05) is 18.2 Å². The maximum Gasteiger partial charge on any atom is 0.226 e. The largest absolute Gasteiger partial charge is 0.336 e. The minimum atomic E-state index is 0.261. The third-order valence-corrected chi connectivity index (χ3v) is 5.19. The smallest absolute Gasteiger partial charge is 0.226 e. The molecule has 3 heteroatoms. The predicted molar refractivity (Wildman–Crippen MR) is 84.8 cm³/mol. The van der Waals surface area contributed by atoms with Crippen molar-refractivity contribution in [1.29, 1.82) is 0 Å². The zero-order chi connectivity index (χ0) is 14.9. The number of piperidine rings is 1. The normalized spacial score (nSPS) is 23.3. The quantitative estimate of drug-likeness (QED) is 0.923. The molecule has 1 amide bonds. The van der Waals surface area contributed by atoms with Crippen LogP contribution in [-0.2, 0) is 11.3 Å². The minimum Gasteiger partial charge on any atom is -0.336 e. The first-order chi connectivity index (χ1) is 10.1. The van der Waals surface area contributed by atoms with Gasteiger partial charge in [0, 0.05) is 18.5 Å². The highest BCUT2D eigenvalue weighted by atomic mass is 16.2. The molecule has 1 aromatic rings. The highest BCUT2D eigenvalue weighted by Crippen LogP contribution is 2.59. The molecule has 1 N–H and O–H groups in total. The van der Waals surface area contributed by atoms with Crippen LogP contribution in [0.25, 0.3) is 0 Å². The van der Waals surface area contributed by atoms with E-state index in [2.05, 4.69) is 36.2 Å². The van der Waals surface area contributed by atoms with E-state index in [9.17, 15) is 4.79 Å². The number of carbonyl (C=O) groups is 1. The van der Waals surface area contributed by atoms with Crippen molar-refractivity contribution in [2.45, 2.75) is 45.7 Å². The van der Waals surface area contributed by atoms with Crippen molar-refractivity contribution in [2.24, 2.45) is 11.3 Å². The molecule has 1 spiro atoms. The van der Waals surface area contributed by atoms with Crippen molar-refractivity contribution in [3.05, 3.63) is 35.9 Å². The van der Waals surface area contributed by atoms with Crippen molar-refractivity contribution < 1.29 is 4.79 Å². The molecule has 1 saturated heterocycles. The SMILES string of the molecule is CC(C)N(Cc1ccccc1)C(=O)C1CC12CCNCC2. The standard InChI is InChI=1S/C18H26N2O/c1-14(2)20(13-15-6-4-3-5-7-15)17(21)16-12-18(16)8-10-19-11-9-18/h3-7,14,16,19H,8-13H2,1-2H3. The van der Waals surface area contributed by atoms with Gasteiger partial charge in [-0.3, -0.25) is 4.79 Å². The van der Waals surface area contributed by atoms with Gasteiger partial charge in [-0.05, 0) is 57.2 Å². The van der Waals surface area contributed by atoms with E-state index in [1.54, 1.807) is 0 Å². The van der Waals surface area contributed by atoms with Crippen LogP contribution in [-0.4, -0.2) is 29.9 Å². The van der Waals surface area contributed by atoms with Crippen LogP contribution in [0.4, 0.5) is 0 Å². The number of benzene rings is 1. The predicted octanol–water partition coefficient (Wildman–Crippen LogP) is 2.81. The second-order valence-electron chi connectivity index (χ2n) is 6.91.